The highest BCUT2D eigenvalue weighted by molar-refractivity contribution is 8.13. The predicted molar refractivity (Wildman–Crippen MR) is 67.6 cm³/mol. The first-order valence-corrected chi connectivity index (χ1v) is 6.58. The molecule has 3 unspecified atom stereocenters. The molecule has 1 heterocycles. The Bertz CT molecular complexity index is 221. The molecule has 1 N–H and O–H groups in total. The van der Waals surface area contributed by atoms with E-state index in [-0.39, 0.29) is 0 Å². The molecule has 3 atom stereocenters. The van der Waals surface area contributed by atoms with E-state index in [9.17, 15) is 0 Å². The van der Waals surface area contributed by atoms with E-state index in [1.807, 2.05) is 11.8 Å². The van der Waals surface area contributed by atoms with Gasteiger partial charge < -0.3 is 10.1 Å². The van der Waals surface area contributed by atoms with Gasteiger partial charge in [0.25, 0.3) is 0 Å². The minimum Gasteiger partial charge on any atom is -0.385 e. The lowest BCUT2D eigenvalue weighted by molar-refractivity contribution is 0.187. The number of hydrogen-bond donors (Lipinski definition) is 1. The van der Waals surface area contributed by atoms with Gasteiger partial charge in [-0.15, -0.1) is 0 Å². The summed E-state index contributed by atoms with van der Waals surface area (Å²) < 4.78 is 5.05. The fraction of sp³-hybridized carbons (Fsp3) is 0.909. The second kappa shape index (κ2) is 6.38. The molecule has 0 fully saturated rings. The van der Waals surface area contributed by atoms with Crippen molar-refractivity contribution in [3.8, 4) is 0 Å². The number of aliphatic imine (C=N–C) groups is 1. The molecule has 0 saturated carbocycles. The third kappa shape index (κ3) is 4.43. The fourth-order valence-electron chi connectivity index (χ4n) is 1.36. The van der Waals surface area contributed by atoms with Crippen LogP contribution in [-0.4, -0.2) is 36.7 Å². The first kappa shape index (κ1) is 12.8. The topological polar surface area (TPSA) is 33.6 Å². The number of methoxy groups -OCH3 is 1. The average molecular weight is 230 g/mol. The molecule has 0 radical (unpaired) electrons. The number of hydrogen-bond acceptors (Lipinski definition) is 4. The molecule has 15 heavy (non-hydrogen) atoms. The molecule has 1 aliphatic rings. The van der Waals surface area contributed by atoms with Crippen LogP contribution in [-0.2, 0) is 4.74 Å². The van der Waals surface area contributed by atoms with E-state index < -0.39 is 0 Å². The van der Waals surface area contributed by atoms with E-state index in [0.29, 0.717) is 18.0 Å². The number of nitrogens with zero attached hydrogens (tertiary/aromatic N) is 1. The third-order valence-corrected chi connectivity index (χ3v) is 3.94. The zero-order valence-corrected chi connectivity index (χ0v) is 10.9. The molecular formula is C11H22N2OS. The smallest absolute Gasteiger partial charge is 0.157 e. The molecule has 1 rings (SSSR count). The van der Waals surface area contributed by atoms with Crippen LogP contribution in [0.4, 0.5) is 0 Å². The number of amidine groups is 1. The number of nitrogens with one attached hydrogen (secondary N) is 1. The normalized spacial score (nSPS) is 28.4. The van der Waals surface area contributed by atoms with Gasteiger partial charge in [0, 0.05) is 25.5 Å². The van der Waals surface area contributed by atoms with Crippen molar-refractivity contribution in [1.29, 1.82) is 0 Å². The van der Waals surface area contributed by atoms with Crippen molar-refractivity contribution in [3.05, 3.63) is 0 Å². The Kier molecular flexibility index (Phi) is 5.47. The van der Waals surface area contributed by atoms with Crippen molar-refractivity contribution < 1.29 is 4.74 Å². The summed E-state index contributed by atoms with van der Waals surface area (Å²) in [5, 5.41) is 4.54. The van der Waals surface area contributed by atoms with Gasteiger partial charge in [-0.2, -0.15) is 0 Å². The van der Waals surface area contributed by atoms with E-state index in [0.717, 1.165) is 18.2 Å². The average Bonchev–Trinajstić information content (AvgIpc) is 2.20. The van der Waals surface area contributed by atoms with Crippen molar-refractivity contribution in [2.75, 3.05) is 19.5 Å². The van der Waals surface area contributed by atoms with Crippen LogP contribution in [0.15, 0.2) is 4.99 Å². The first-order chi connectivity index (χ1) is 7.13. The second-order valence-electron chi connectivity index (χ2n) is 4.29. The molecule has 0 aromatic carbocycles. The molecule has 0 bridgehead atoms. The summed E-state index contributed by atoms with van der Waals surface area (Å²) in [6.45, 7) is 7.42. The van der Waals surface area contributed by atoms with Gasteiger partial charge in [0.2, 0.25) is 0 Å². The van der Waals surface area contributed by atoms with Crippen LogP contribution >= 0.6 is 11.8 Å². The molecule has 88 valence electrons. The highest BCUT2D eigenvalue weighted by Crippen LogP contribution is 2.21. The molecule has 0 saturated heterocycles. The maximum atomic E-state index is 5.05. The van der Waals surface area contributed by atoms with Gasteiger partial charge in [-0.3, -0.25) is 4.99 Å². The van der Waals surface area contributed by atoms with Gasteiger partial charge >= 0.3 is 0 Å². The van der Waals surface area contributed by atoms with Gasteiger partial charge in [0.05, 0.1) is 6.04 Å². The Hall–Kier alpha value is -0.220. The van der Waals surface area contributed by atoms with Crippen molar-refractivity contribution in [3.63, 3.8) is 0 Å². The van der Waals surface area contributed by atoms with Crippen molar-refractivity contribution >= 4 is 16.9 Å². The van der Waals surface area contributed by atoms with E-state index in [2.05, 4.69) is 31.1 Å². The number of rotatable bonds is 4. The Balaban J connectivity index is 2.35. The second-order valence-corrected chi connectivity index (χ2v) is 5.30. The highest BCUT2D eigenvalue weighted by Gasteiger charge is 2.19. The van der Waals surface area contributed by atoms with Crippen LogP contribution in [0.1, 0.15) is 27.2 Å². The van der Waals surface area contributed by atoms with Crippen LogP contribution in [0.2, 0.25) is 0 Å². The molecule has 3 nitrogen and oxygen atoms in total. The van der Waals surface area contributed by atoms with Crippen molar-refractivity contribution in [2.45, 2.75) is 39.3 Å². The minimum absolute atomic E-state index is 0.441. The summed E-state index contributed by atoms with van der Waals surface area (Å²) in [5.74, 6) is 1.86. The SMILES string of the molecule is COCCC(C)NC1=NC(C)C(C)CS1. The fourth-order valence-corrected chi connectivity index (χ4v) is 2.58. The Morgan fingerprint density at radius 1 is 1.60 bits per heavy atom. The van der Waals surface area contributed by atoms with Gasteiger partial charge in [-0.05, 0) is 26.2 Å². The van der Waals surface area contributed by atoms with E-state index in [1.54, 1.807) is 7.11 Å². The van der Waals surface area contributed by atoms with Crippen LogP contribution in [0.3, 0.4) is 0 Å². The molecule has 0 aromatic rings. The first-order valence-electron chi connectivity index (χ1n) is 5.59. The molecule has 0 aromatic heterocycles. The predicted octanol–water partition coefficient (Wildman–Crippen LogP) is 2.13. The largest absolute Gasteiger partial charge is 0.385 e. The lowest BCUT2D eigenvalue weighted by Gasteiger charge is -2.25. The van der Waals surface area contributed by atoms with E-state index in [1.165, 1.54) is 5.75 Å². The van der Waals surface area contributed by atoms with Crippen molar-refractivity contribution in [2.24, 2.45) is 10.9 Å². The maximum absolute atomic E-state index is 5.05. The third-order valence-electron chi connectivity index (χ3n) is 2.75. The monoisotopic (exact) mass is 230 g/mol. The summed E-state index contributed by atoms with van der Waals surface area (Å²) in [4.78, 5) is 4.64. The molecular weight excluding hydrogens is 208 g/mol. The Morgan fingerprint density at radius 2 is 2.33 bits per heavy atom. The zero-order chi connectivity index (χ0) is 11.3. The van der Waals surface area contributed by atoms with Gasteiger partial charge in [0.1, 0.15) is 0 Å². The Morgan fingerprint density at radius 3 is 2.93 bits per heavy atom. The lowest BCUT2D eigenvalue weighted by atomic mass is 10.1. The quantitative estimate of drug-likeness (QED) is 0.803. The standard InChI is InChI=1S/C11H22N2OS/c1-8-7-15-11(13-10(8)3)12-9(2)5-6-14-4/h8-10H,5-7H2,1-4H3,(H,12,13). The molecule has 0 spiro atoms. The maximum Gasteiger partial charge on any atom is 0.157 e. The van der Waals surface area contributed by atoms with Gasteiger partial charge in [-0.25, -0.2) is 0 Å². The van der Waals surface area contributed by atoms with Crippen LogP contribution in [0, 0.1) is 5.92 Å². The summed E-state index contributed by atoms with van der Waals surface area (Å²) in [5.41, 5.74) is 0. The lowest BCUT2D eigenvalue weighted by Crippen LogP contribution is -2.36. The summed E-state index contributed by atoms with van der Waals surface area (Å²) in [6, 6.07) is 0.889. The number of thioether (sulfide) groups is 1. The summed E-state index contributed by atoms with van der Waals surface area (Å²) >= 11 is 1.83. The molecule has 0 aliphatic carbocycles. The zero-order valence-electron chi connectivity index (χ0n) is 10.1. The molecule has 1 aliphatic heterocycles. The highest BCUT2D eigenvalue weighted by atomic mass is 32.2. The van der Waals surface area contributed by atoms with Gasteiger partial charge in [-0.1, -0.05) is 18.7 Å². The minimum atomic E-state index is 0.441. The number of ether oxygens (including phenoxy) is 1. The van der Waals surface area contributed by atoms with Crippen LogP contribution in [0.5, 0.6) is 0 Å². The van der Waals surface area contributed by atoms with Crippen molar-refractivity contribution in [1.82, 2.24) is 5.32 Å². The molecule has 4 heteroatoms. The summed E-state index contributed by atoms with van der Waals surface area (Å²) in [7, 11) is 1.74. The van der Waals surface area contributed by atoms with E-state index >= 15 is 0 Å². The molecule has 0 amide bonds. The Labute approximate surface area is 97.1 Å². The van der Waals surface area contributed by atoms with Crippen LogP contribution in [0.25, 0.3) is 0 Å². The van der Waals surface area contributed by atoms with Gasteiger partial charge in [0.15, 0.2) is 5.17 Å². The van der Waals surface area contributed by atoms with E-state index in [4.69, 9.17) is 4.74 Å². The van der Waals surface area contributed by atoms with Crippen LogP contribution < -0.4 is 5.32 Å². The summed E-state index contributed by atoms with van der Waals surface area (Å²) in [6.07, 6.45) is 1.03.